The molecule has 0 amide bonds. The van der Waals surface area contributed by atoms with Crippen molar-refractivity contribution in [1.82, 2.24) is 4.98 Å². The first kappa shape index (κ1) is 23.2. The fourth-order valence-corrected chi connectivity index (χ4v) is 9.21. The number of pyridine rings is 1. The van der Waals surface area contributed by atoms with E-state index < -0.39 is 7.26 Å². The Morgan fingerprint density at radius 2 is 1.14 bits per heavy atom. The second-order valence-corrected chi connectivity index (χ2v) is 12.0. The highest BCUT2D eigenvalue weighted by atomic mass is 31.2. The summed E-state index contributed by atoms with van der Waals surface area (Å²) in [5.74, 6) is 0. The fraction of sp³-hybridized carbons (Fsp3) is 0.0938. The number of nitrogens with zero attached hydrogens (tertiary/aromatic N) is 1. The van der Waals surface area contributed by atoms with Gasteiger partial charge in [0, 0.05) is 30.5 Å². The van der Waals surface area contributed by atoms with Gasteiger partial charge in [-0.2, -0.15) is 0 Å². The molecule has 0 aliphatic heterocycles. The van der Waals surface area contributed by atoms with Crippen molar-refractivity contribution < 1.29 is 4.74 Å². The normalized spacial score (nSPS) is 11.4. The SMILES string of the molecule is COCc1cnc(-c2ccc(C)cc2)cc1[P+](c1ccccc1)(c1ccccc1)c1ccccc1. The molecule has 0 aliphatic rings. The Morgan fingerprint density at radius 3 is 1.60 bits per heavy atom. The molecule has 0 saturated carbocycles. The average Bonchev–Trinajstić information content (AvgIpc) is 2.92. The molecule has 0 radical (unpaired) electrons. The smallest absolute Gasteiger partial charge is 0.144 e. The van der Waals surface area contributed by atoms with E-state index in [1.807, 2.05) is 6.20 Å². The van der Waals surface area contributed by atoms with Gasteiger partial charge < -0.3 is 4.74 Å². The van der Waals surface area contributed by atoms with E-state index in [0.29, 0.717) is 6.61 Å². The summed E-state index contributed by atoms with van der Waals surface area (Å²) in [6, 6.07) is 43.7. The van der Waals surface area contributed by atoms with E-state index in [2.05, 4.69) is 128 Å². The molecule has 172 valence electrons. The van der Waals surface area contributed by atoms with Crippen LogP contribution in [-0.4, -0.2) is 12.1 Å². The van der Waals surface area contributed by atoms with Crippen molar-refractivity contribution in [3.05, 3.63) is 139 Å². The number of rotatable bonds is 7. The molecule has 35 heavy (non-hydrogen) atoms. The van der Waals surface area contributed by atoms with Crippen LogP contribution in [0.3, 0.4) is 0 Å². The second kappa shape index (κ2) is 10.4. The summed E-state index contributed by atoms with van der Waals surface area (Å²) in [6.07, 6.45) is 2.01. The highest BCUT2D eigenvalue weighted by molar-refractivity contribution is 8.01. The third-order valence-electron chi connectivity index (χ3n) is 6.40. The molecule has 2 nitrogen and oxygen atoms in total. The average molecular weight is 475 g/mol. The summed E-state index contributed by atoms with van der Waals surface area (Å²) in [4.78, 5) is 4.89. The van der Waals surface area contributed by atoms with Gasteiger partial charge in [0.25, 0.3) is 0 Å². The van der Waals surface area contributed by atoms with Crippen molar-refractivity contribution in [2.24, 2.45) is 0 Å². The fourth-order valence-electron chi connectivity index (χ4n) is 4.75. The van der Waals surface area contributed by atoms with Crippen LogP contribution in [0.1, 0.15) is 11.1 Å². The summed E-state index contributed by atoms with van der Waals surface area (Å²) < 4.78 is 5.71. The monoisotopic (exact) mass is 474 g/mol. The Balaban J connectivity index is 1.90. The van der Waals surface area contributed by atoms with Crippen LogP contribution in [0.4, 0.5) is 0 Å². The Morgan fingerprint density at radius 1 is 0.657 bits per heavy atom. The largest absolute Gasteiger partial charge is 0.380 e. The van der Waals surface area contributed by atoms with Crippen molar-refractivity contribution >= 4 is 28.5 Å². The Hall–Kier alpha value is -3.58. The Kier molecular flexibility index (Phi) is 6.86. The van der Waals surface area contributed by atoms with E-state index in [1.54, 1.807) is 7.11 Å². The third kappa shape index (κ3) is 4.44. The lowest BCUT2D eigenvalue weighted by Crippen LogP contribution is -2.40. The number of hydrogen-bond donors (Lipinski definition) is 0. The molecule has 0 saturated heterocycles. The summed E-state index contributed by atoms with van der Waals surface area (Å²) in [6.45, 7) is 2.62. The van der Waals surface area contributed by atoms with Gasteiger partial charge in [-0.3, -0.25) is 4.98 Å². The molecule has 5 aromatic rings. The quantitative estimate of drug-likeness (QED) is 0.277. The predicted molar refractivity (Wildman–Crippen MR) is 150 cm³/mol. The van der Waals surface area contributed by atoms with E-state index in [4.69, 9.17) is 9.72 Å². The molecular formula is C32H29NOP+. The number of benzene rings is 4. The van der Waals surface area contributed by atoms with Crippen molar-refractivity contribution in [2.75, 3.05) is 7.11 Å². The molecule has 0 bridgehead atoms. The molecule has 0 atom stereocenters. The Labute approximate surface area is 208 Å². The van der Waals surface area contributed by atoms with Gasteiger partial charge >= 0.3 is 0 Å². The van der Waals surface area contributed by atoms with E-state index in [0.717, 1.165) is 16.8 Å². The highest BCUT2D eigenvalue weighted by Crippen LogP contribution is 2.55. The van der Waals surface area contributed by atoms with Crippen LogP contribution < -0.4 is 21.2 Å². The maximum atomic E-state index is 5.71. The van der Waals surface area contributed by atoms with Crippen LogP contribution in [0.15, 0.2) is 128 Å². The molecule has 0 aliphatic carbocycles. The summed E-state index contributed by atoms with van der Waals surface area (Å²) in [5, 5.41) is 5.23. The zero-order chi connectivity index (χ0) is 24.1. The molecule has 0 unspecified atom stereocenters. The van der Waals surface area contributed by atoms with Crippen LogP contribution in [-0.2, 0) is 11.3 Å². The standard InChI is InChI=1S/C32H29NOP/c1-25-18-20-26(21-19-25)31-22-32(27(23-33-31)24-34-2)35(28-12-6-3-7-13-28,29-14-8-4-9-15-29)30-16-10-5-11-17-30/h3-23H,24H2,1-2H3/q+1. The lowest BCUT2D eigenvalue weighted by atomic mass is 10.1. The van der Waals surface area contributed by atoms with Gasteiger partial charge in [-0.15, -0.1) is 0 Å². The summed E-state index contributed by atoms with van der Waals surface area (Å²) in [7, 11) is -0.495. The minimum Gasteiger partial charge on any atom is -0.380 e. The van der Waals surface area contributed by atoms with Gasteiger partial charge in [0.2, 0.25) is 0 Å². The number of hydrogen-bond acceptors (Lipinski definition) is 2. The maximum absolute atomic E-state index is 5.71. The van der Waals surface area contributed by atoms with E-state index in [-0.39, 0.29) is 0 Å². The zero-order valence-corrected chi connectivity index (χ0v) is 21.0. The second-order valence-electron chi connectivity index (χ2n) is 8.67. The van der Waals surface area contributed by atoms with Gasteiger partial charge in [0.05, 0.1) is 12.3 Å². The van der Waals surface area contributed by atoms with Gasteiger partial charge in [0.1, 0.15) is 28.5 Å². The maximum Gasteiger partial charge on any atom is 0.144 e. The molecule has 1 aromatic heterocycles. The zero-order valence-electron chi connectivity index (χ0n) is 20.1. The first-order chi connectivity index (χ1) is 17.2. The van der Waals surface area contributed by atoms with E-state index in [1.165, 1.54) is 26.8 Å². The number of methoxy groups -OCH3 is 1. The molecule has 1 heterocycles. The minimum atomic E-state index is -2.25. The van der Waals surface area contributed by atoms with E-state index in [9.17, 15) is 0 Å². The third-order valence-corrected chi connectivity index (χ3v) is 10.8. The first-order valence-corrected chi connectivity index (χ1v) is 13.6. The van der Waals surface area contributed by atoms with Crippen molar-refractivity contribution in [3.8, 4) is 11.3 Å². The minimum absolute atomic E-state index is 0.505. The molecule has 0 fully saturated rings. The lowest BCUT2D eigenvalue weighted by molar-refractivity contribution is 0.185. The van der Waals surface area contributed by atoms with E-state index >= 15 is 0 Å². The lowest BCUT2D eigenvalue weighted by Gasteiger charge is -2.29. The topological polar surface area (TPSA) is 22.1 Å². The predicted octanol–water partition coefficient (Wildman–Crippen LogP) is 5.82. The molecule has 4 aromatic carbocycles. The van der Waals surface area contributed by atoms with Crippen molar-refractivity contribution in [1.29, 1.82) is 0 Å². The molecule has 0 spiro atoms. The first-order valence-electron chi connectivity index (χ1n) is 11.8. The molecule has 0 N–H and O–H groups in total. The number of aromatic nitrogens is 1. The summed E-state index contributed by atoms with van der Waals surface area (Å²) >= 11 is 0. The highest BCUT2D eigenvalue weighted by Gasteiger charge is 2.49. The van der Waals surface area contributed by atoms with Gasteiger partial charge in [-0.05, 0) is 43.3 Å². The van der Waals surface area contributed by atoms with Crippen molar-refractivity contribution in [3.63, 3.8) is 0 Å². The number of ether oxygens (including phenoxy) is 1. The van der Waals surface area contributed by atoms with Gasteiger partial charge in [-0.25, -0.2) is 0 Å². The molecule has 3 heteroatoms. The van der Waals surface area contributed by atoms with Crippen LogP contribution in [0.25, 0.3) is 11.3 Å². The number of aryl methyl sites for hydroxylation is 1. The molecular weight excluding hydrogens is 445 g/mol. The van der Waals surface area contributed by atoms with Crippen LogP contribution >= 0.6 is 7.26 Å². The van der Waals surface area contributed by atoms with Crippen LogP contribution in [0.2, 0.25) is 0 Å². The molecule has 5 rings (SSSR count). The summed E-state index contributed by atoms with van der Waals surface area (Å²) in [5.41, 5.74) is 4.46. The van der Waals surface area contributed by atoms with Crippen LogP contribution in [0, 0.1) is 6.92 Å². The van der Waals surface area contributed by atoms with Gasteiger partial charge in [-0.1, -0.05) is 84.4 Å². The van der Waals surface area contributed by atoms with Crippen molar-refractivity contribution in [2.45, 2.75) is 13.5 Å². The van der Waals surface area contributed by atoms with Gasteiger partial charge in [0.15, 0.2) is 0 Å². The van der Waals surface area contributed by atoms with Crippen LogP contribution in [0.5, 0.6) is 0 Å². The Bertz CT molecular complexity index is 1290.